The van der Waals surface area contributed by atoms with Gasteiger partial charge in [-0.25, -0.2) is 4.52 Å². The molecule has 0 spiro atoms. The highest BCUT2D eigenvalue weighted by atomic mass is 35.5. The van der Waals surface area contributed by atoms with Gasteiger partial charge in [-0.3, -0.25) is 9.48 Å². The molecule has 0 radical (unpaired) electrons. The van der Waals surface area contributed by atoms with E-state index in [9.17, 15) is 4.79 Å². The molecule has 3 aromatic rings. The average molecular weight is 497 g/mol. The molecule has 8 nitrogen and oxygen atoms in total. The second-order valence-corrected chi connectivity index (χ2v) is 10.6. The molecule has 0 N–H and O–H groups in total. The van der Waals surface area contributed by atoms with Gasteiger partial charge in [0.15, 0.2) is 0 Å². The highest BCUT2D eigenvalue weighted by molar-refractivity contribution is 6.34. The van der Waals surface area contributed by atoms with Crippen molar-refractivity contribution in [2.75, 3.05) is 33.3 Å². The molecule has 186 valence electrons. The third-order valence-electron chi connectivity index (χ3n) is 8.03. The van der Waals surface area contributed by atoms with Crippen molar-refractivity contribution in [3.63, 3.8) is 0 Å². The molecule has 5 heterocycles. The quantitative estimate of drug-likeness (QED) is 0.478. The predicted molar refractivity (Wildman–Crippen MR) is 137 cm³/mol. The third-order valence-corrected chi connectivity index (χ3v) is 8.30. The van der Waals surface area contributed by atoms with Crippen LogP contribution in [0.2, 0.25) is 5.02 Å². The zero-order valence-corrected chi connectivity index (χ0v) is 21.6. The minimum absolute atomic E-state index is 0.0299. The Morgan fingerprint density at radius 3 is 2.69 bits per heavy atom. The Balaban J connectivity index is 1.26. The maximum absolute atomic E-state index is 12.1. The minimum Gasteiger partial charge on any atom is -0.494 e. The first-order valence-corrected chi connectivity index (χ1v) is 12.5. The maximum Gasteiger partial charge on any atom is 0.246 e. The Morgan fingerprint density at radius 2 is 2.03 bits per heavy atom. The molecule has 3 aromatic heterocycles. The molecule has 5 rings (SSSR count). The van der Waals surface area contributed by atoms with Gasteiger partial charge in [0, 0.05) is 60.7 Å². The molecule has 0 aliphatic carbocycles. The van der Waals surface area contributed by atoms with Crippen LogP contribution in [0.25, 0.3) is 16.6 Å². The first kappa shape index (κ1) is 23.9. The van der Waals surface area contributed by atoms with Crippen LogP contribution in [-0.2, 0) is 4.79 Å². The monoisotopic (exact) mass is 496 g/mol. The number of hydrogen-bond acceptors (Lipinski definition) is 5. The van der Waals surface area contributed by atoms with E-state index in [1.54, 1.807) is 17.8 Å². The molecular formula is C26H33ClN6O2. The molecule has 2 saturated heterocycles. The molecule has 1 unspecified atom stereocenters. The minimum atomic E-state index is -0.115. The number of carbonyl (C=O) groups excluding carboxylic acids is 1. The van der Waals surface area contributed by atoms with Gasteiger partial charge in [0.1, 0.15) is 11.3 Å². The molecule has 2 aliphatic rings. The molecular weight excluding hydrogens is 464 g/mol. The van der Waals surface area contributed by atoms with E-state index >= 15 is 0 Å². The lowest BCUT2D eigenvalue weighted by atomic mass is 9.76. The number of nitrogens with zero attached hydrogens (tertiary/aromatic N) is 6. The normalized spacial score (nSPS) is 20.7. The van der Waals surface area contributed by atoms with Crippen LogP contribution in [0, 0.1) is 12.8 Å². The zero-order chi connectivity index (χ0) is 24.9. The number of carbonyl (C=O) groups is 1. The first-order valence-electron chi connectivity index (χ1n) is 12.2. The standard InChI is InChI=1S/C26H33ClN6O2/c1-6-24(34)31-16-19(26(31,3)4)15-30-9-7-20(8-10-30)33-17(2)21(12-29-33)18-11-23(35-5)25-22(27)13-28-32(25)14-18/h6,11-14,19-20H,1,7-10,15-16H2,2-5H3. The Labute approximate surface area is 211 Å². The first-order chi connectivity index (χ1) is 16.7. The van der Waals surface area contributed by atoms with Crippen molar-refractivity contribution in [2.45, 2.75) is 45.2 Å². The fourth-order valence-electron chi connectivity index (χ4n) is 5.64. The van der Waals surface area contributed by atoms with E-state index in [4.69, 9.17) is 21.4 Å². The summed E-state index contributed by atoms with van der Waals surface area (Å²) in [5.74, 6) is 1.21. The van der Waals surface area contributed by atoms with E-state index in [-0.39, 0.29) is 11.4 Å². The summed E-state index contributed by atoms with van der Waals surface area (Å²) < 4.78 is 9.52. The highest BCUT2D eigenvalue weighted by Crippen LogP contribution is 2.38. The van der Waals surface area contributed by atoms with Gasteiger partial charge in [-0.15, -0.1) is 0 Å². The van der Waals surface area contributed by atoms with Gasteiger partial charge in [-0.2, -0.15) is 10.2 Å². The topological polar surface area (TPSA) is 67.9 Å². The van der Waals surface area contributed by atoms with Gasteiger partial charge in [0.05, 0.1) is 30.6 Å². The molecule has 0 bridgehead atoms. The number of likely N-dealkylation sites (tertiary alicyclic amines) is 2. The maximum atomic E-state index is 12.1. The summed E-state index contributed by atoms with van der Waals surface area (Å²) in [6.07, 6.45) is 9.08. The van der Waals surface area contributed by atoms with E-state index in [1.165, 1.54) is 6.08 Å². The van der Waals surface area contributed by atoms with Crippen molar-refractivity contribution in [3.05, 3.63) is 48.0 Å². The second kappa shape index (κ2) is 8.99. The summed E-state index contributed by atoms with van der Waals surface area (Å²) in [5, 5.41) is 9.70. The summed E-state index contributed by atoms with van der Waals surface area (Å²) in [4.78, 5) is 16.5. The van der Waals surface area contributed by atoms with Crippen molar-refractivity contribution in [2.24, 2.45) is 5.92 Å². The number of hydrogen-bond donors (Lipinski definition) is 0. The van der Waals surface area contributed by atoms with E-state index in [0.29, 0.717) is 22.7 Å². The lowest BCUT2D eigenvalue weighted by Gasteiger charge is -2.56. The Kier molecular flexibility index (Phi) is 6.13. The fraction of sp³-hybridized carbons (Fsp3) is 0.500. The van der Waals surface area contributed by atoms with E-state index in [2.05, 4.69) is 42.0 Å². The number of fused-ring (bicyclic) bond motifs is 1. The van der Waals surface area contributed by atoms with E-state index in [1.807, 2.05) is 23.4 Å². The molecule has 9 heteroatoms. The van der Waals surface area contributed by atoms with Crippen molar-refractivity contribution in [1.82, 2.24) is 29.2 Å². The van der Waals surface area contributed by atoms with Crippen molar-refractivity contribution < 1.29 is 9.53 Å². The van der Waals surface area contributed by atoms with Gasteiger partial charge in [-0.05, 0) is 45.8 Å². The van der Waals surface area contributed by atoms with Gasteiger partial charge < -0.3 is 14.5 Å². The largest absolute Gasteiger partial charge is 0.494 e. The van der Waals surface area contributed by atoms with Crippen LogP contribution < -0.4 is 4.74 Å². The predicted octanol–water partition coefficient (Wildman–Crippen LogP) is 4.23. The smallest absolute Gasteiger partial charge is 0.246 e. The SMILES string of the molecule is C=CC(=O)N1CC(CN2CCC(n3ncc(-c4cc(OC)c5c(Cl)cnn5c4)c3C)CC2)C1(C)C. The van der Waals surface area contributed by atoms with Crippen LogP contribution in [0.4, 0.5) is 0 Å². The van der Waals surface area contributed by atoms with Gasteiger partial charge >= 0.3 is 0 Å². The molecule has 1 amide bonds. The summed E-state index contributed by atoms with van der Waals surface area (Å²) in [6, 6.07) is 2.37. The number of rotatable bonds is 6. The van der Waals surface area contributed by atoms with Crippen LogP contribution in [0.3, 0.4) is 0 Å². The Morgan fingerprint density at radius 1 is 1.29 bits per heavy atom. The lowest BCUT2D eigenvalue weighted by molar-refractivity contribution is -0.149. The van der Waals surface area contributed by atoms with Crippen LogP contribution >= 0.6 is 11.6 Å². The molecule has 1 atom stereocenters. The van der Waals surface area contributed by atoms with Gasteiger partial charge in [-0.1, -0.05) is 18.2 Å². The summed E-state index contributed by atoms with van der Waals surface area (Å²) in [6.45, 7) is 14.0. The average Bonchev–Trinajstić information content (AvgIpc) is 3.43. The summed E-state index contributed by atoms with van der Waals surface area (Å²) in [7, 11) is 1.64. The number of piperidine rings is 1. The number of amides is 1. The van der Waals surface area contributed by atoms with Gasteiger partial charge in [0.25, 0.3) is 0 Å². The van der Waals surface area contributed by atoms with E-state index in [0.717, 1.165) is 61.4 Å². The Hall–Kier alpha value is -2.84. The molecule has 2 fully saturated rings. The van der Waals surface area contributed by atoms with Crippen molar-refractivity contribution in [1.29, 1.82) is 0 Å². The van der Waals surface area contributed by atoms with Crippen molar-refractivity contribution in [3.8, 4) is 16.9 Å². The summed E-state index contributed by atoms with van der Waals surface area (Å²) in [5.41, 5.74) is 3.86. The second-order valence-electron chi connectivity index (χ2n) is 10.2. The molecule has 0 aromatic carbocycles. The fourth-order valence-corrected chi connectivity index (χ4v) is 5.86. The van der Waals surface area contributed by atoms with Gasteiger partial charge in [0.2, 0.25) is 5.91 Å². The van der Waals surface area contributed by atoms with Crippen LogP contribution in [0.1, 0.15) is 38.4 Å². The van der Waals surface area contributed by atoms with Crippen molar-refractivity contribution >= 4 is 23.0 Å². The molecule has 2 aliphatic heterocycles. The van der Waals surface area contributed by atoms with Crippen LogP contribution in [0.5, 0.6) is 5.75 Å². The third kappa shape index (κ3) is 4.02. The number of ether oxygens (including phenoxy) is 1. The molecule has 0 saturated carbocycles. The van der Waals surface area contributed by atoms with E-state index < -0.39 is 0 Å². The van der Waals surface area contributed by atoms with Crippen LogP contribution in [0.15, 0.2) is 37.3 Å². The Bertz CT molecular complexity index is 1270. The number of halogens is 1. The molecule has 35 heavy (non-hydrogen) atoms. The highest BCUT2D eigenvalue weighted by Gasteiger charge is 2.48. The lowest BCUT2D eigenvalue weighted by Crippen LogP contribution is -2.68. The number of pyridine rings is 1. The number of methoxy groups -OCH3 is 1. The summed E-state index contributed by atoms with van der Waals surface area (Å²) >= 11 is 6.29. The van der Waals surface area contributed by atoms with Crippen LogP contribution in [-0.4, -0.2) is 73.9 Å². The number of aromatic nitrogens is 4. The zero-order valence-electron chi connectivity index (χ0n) is 20.9.